The number of amides is 1. The summed E-state index contributed by atoms with van der Waals surface area (Å²) in [6.07, 6.45) is 3.01. The number of hydrogen-bond acceptors (Lipinski definition) is 2. The maximum atomic E-state index is 11.7. The van der Waals surface area contributed by atoms with Gasteiger partial charge in [-0.25, -0.2) is 5.43 Å². The Hall–Kier alpha value is -1.90. The van der Waals surface area contributed by atoms with E-state index in [1.807, 2.05) is 36.4 Å². The maximum absolute atomic E-state index is 11.7. The topological polar surface area (TPSA) is 41.5 Å². The van der Waals surface area contributed by atoms with Gasteiger partial charge in [-0.1, -0.05) is 56.7 Å². The summed E-state index contributed by atoms with van der Waals surface area (Å²) >= 11 is 0. The van der Waals surface area contributed by atoms with Crippen molar-refractivity contribution in [3.8, 4) is 0 Å². The first kappa shape index (κ1) is 11.6. The first-order chi connectivity index (χ1) is 8.22. The lowest BCUT2D eigenvalue weighted by atomic mass is 9.98. The average molecular weight is 228 g/mol. The van der Waals surface area contributed by atoms with E-state index in [9.17, 15) is 4.79 Å². The van der Waals surface area contributed by atoms with Gasteiger partial charge in [0.15, 0.2) is 0 Å². The summed E-state index contributed by atoms with van der Waals surface area (Å²) in [4.78, 5) is 11.7. The molecule has 1 heterocycles. The lowest BCUT2D eigenvalue weighted by Crippen LogP contribution is -2.14. The molecule has 0 aliphatic carbocycles. The highest BCUT2D eigenvalue weighted by atomic mass is 16.2. The molecule has 1 amide bonds. The molecule has 17 heavy (non-hydrogen) atoms. The van der Waals surface area contributed by atoms with Crippen LogP contribution in [-0.2, 0) is 4.79 Å². The minimum atomic E-state index is -0.107. The Morgan fingerprint density at radius 2 is 2.06 bits per heavy atom. The van der Waals surface area contributed by atoms with E-state index >= 15 is 0 Å². The number of allylic oxidation sites excluding steroid dienone is 1. The van der Waals surface area contributed by atoms with E-state index in [0.29, 0.717) is 11.5 Å². The Morgan fingerprint density at radius 3 is 2.71 bits per heavy atom. The van der Waals surface area contributed by atoms with Crippen LogP contribution in [0.5, 0.6) is 0 Å². The van der Waals surface area contributed by atoms with Crippen molar-refractivity contribution in [2.45, 2.75) is 20.3 Å². The summed E-state index contributed by atoms with van der Waals surface area (Å²) in [5.41, 5.74) is 4.93. The number of carbonyl (C=O) groups is 1. The predicted octanol–water partition coefficient (Wildman–Crippen LogP) is 2.49. The molecule has 0 saturated carbocycles. The van der Waals surface area contributed by atoms with Crippen LogP contribution < -0.4 is 5.43 Å². The van der Waals surface area contributed by atoms with E-state index in [1.54, 1.807) is 0 Å². The van der Waals surface area contributed by atoms with Crippen LogP contribution in [0, 0.1) is 5.92 Å². The van der Waals surface area contributed by atoms with Gasteiger partial charge >= 0.3 is 0 Å². The van der Waals surface area contributed by atoms with Gasteiger partial charge in [0, 0.05) is 5.56 Å². The van der Waals surface area contributed by atoms with E-state index in [1.165, 1.54) is 0 Å². The predicted molar refractivity (Wildman–Crippen MR) is 68.7 cm³/mol. The second kappa shape index (κ2) is 4.95. The highest BCUT2D eigenvalue weighted by Gasteiger charge is 2.23. The molecule has 1 aliphatic rings. The molecule has 1 unspecified atom stereocenters. The van der Waals surface area contributed by atoms with Crippen molar-refractivity contribution in [3.63, 3.8) is 0 Å². The number of nitrogens with zero attached hydrogens (tertiary/aromatic N) is 1. The van der Waals surface area contributed by atoms with Crippen LogP contribution in [0.25, 0.3) is 0 Å². The van der Waals surface area contributed by atoms with Gasteiger partial charge in [0.1, 0.15) is 5.71 Å². The average Bonchev–Trinajstić information content (AvgIpc) is 2.72. The summed E-state index contributed by atoms with van der Waals surface area (Å²) < 4.78 is 0. The molecule has 0 bridgehead atoms. The normalized spacial score (nSPS) is 19.1. The number of hydrazone groups is 1. The highest BCUT2D eigenvalue weighted by molar-refractivity contribution is 6.30. The Labute approximate surface area is 101 Å². The third-order valence-electron chi connectivity index (χ3n) is 2.91. The monoisotopic (exact) mass is 228 g/mol. The minimum absolute atomic E-state index is 0.107. The van der Waals surface area contributed by atoms with Crippen LogP contribution >= 0.6 is 0 Å². The van der Waals surface area contributed by atoms with Crippen LogP contribution in [0.4, 0.5) is 0 Å². The van der Waals surface area contributed by atoms with E-state index in [0.717, 1.165) is 17.7 Å². The molecule has 3 heteroatoms. The van der Waals surface area contributed by atoms with Crippen LogP contribution in [-0.4, -0.2) is 11.6 Å². The SMILES string of the molecule is CCC(C)C=C1C(=O)NN=C1c1ccccc1. The van der Waals surface area contributed by atoms with E-state index < -0.39 is 0 Å². The molecule has 0 aromatic heterocycles. The molecule has 0 saturated heterocycles. The fourth-order valence-corrected chi connectivity index (χ4v) is 1.71. The number of nitrogens with one attached hydrogen (secondary N) is 1. The van der Waals surface area contributed by atoms with Gasteiger partial charge in [-0.3, -0.25) is 4.79 Å². The summed E-state index contributed by atoms with van der Waals surface area (Å²) in [6, 6.07) is 9.77. The lowest BCUT2D eigenvalue weighted by Gasteiger charge is -2.05. The Bertz CT molecular complexity index is 474. The summed E-state index contributed by atoms with van der Waals surface area (Å²) in [7, 11) is 0. The van der Waals surface area contributed by atoms with Crippen molar-refractivity contribution in [1.29, 1.82) is 0 Å². The van der Waals surface area contributed by atoms with E-state index in [2.05, 4.69) is 24.4 Å². The number of rotatable bonds is 3. The molecular weight excluding hydrogens is 212 g/mol. The molecular formula is C14H16N2O. The molecule has 0 fully saturated rings. The van der Waals surface area contributed by atoms with Crippen molar-refractivity contribution < 1.29 is 4.79 Å². The molecule has 1 aromatic carbocycles. The van der Waals surface area contributed by atoms with Crippen molar-refractivity contribution in [1.82, 2.24) is 5.43 Å². The first-order valence-corrected chi connectivity index (χ1v) is 5.88. The number of hydrogen-bond donors (Lipinski definition) is 1. The van der Waals surface area contributed by atoms with Gasteiger partial charge < -0.3 is 0 Å². The number of carbonyl (C=O) groups excluding carboxylic acids is 1. The lowest BCUT2D eigenvalue weighted by molar-refractivity contribution is -0.116. The van der Waals surface area contributed by atoms with Crippen LogP contribution in [0.2, 0.25) is 0 Å². The van der Waals surface area contributed by atoms with Crippen LogP contribution in [0.15, 0.2) is 47.1 Å². The first-order valence-electron chi connectivity index (χ1n) is 5.88. The van der Waals surface area contributed by atoms with E-state index in [4.69, 9.17) is 0 Å². The highest BCUT2D eigenvalue weighted by Crippen LogP contribution is 2.17. The van der Waals surface area contributed by atoms with Crippen molar-refractivity contribution in [3.05, 3.63) is 47.5 Å². The van der Waals surface area contributed by atoms with Gasteiger partial charge in [-0.2, -0.15) is 5.10 Å². The third kappa shape index (κ3) is 2.44. The maximum Gasteiger partial charge on any atom is 0.273 e. The molecule has 1 aliphatic heterocycles. The molecule has 0 radical (unpaired) electrons. The van der Waals surface area contributed by atoms with Crippen LogP contribution in [0.1, 0.15) is 25.8 Å². The quantitative estimate of drug-likeness (QED) is 0.793. The standard InChI is InChI=1S/C14H16N2O/c1-3-10(2)9-12-13(15-16-14(12)17)11-7-5-4-6-8-11/h4-10H,3H2,1-2H3,(H,16,17). The summed E-state index contributed by atoms with van der Waals surface area (Å²) in [5.74, 6) is 0.270. The summed E-state index contributed by atoms with van der Waals surface area (Å²) in [5, 5.41) is 4.10. The van der Waals surface area contributed by atoms with E-state index in [-0.39, 0.29) is 5.91 Å². The second-order valence-electron chi connectivity index (χ2n) is 4.23. The molecule has 1 N–H and O–H groups in total. The smallest absolute Gasteiger partial charge is 0.267 e. The summed E-state index contributed by atoms with van der Waals surface area (Å²) in [6.45, 7) is 4.20. The zero-order valence-corrected chi connectivity index (χ0v) is 10.1. The zero-order chi connectivity index (χ0) is 12.3. The molecule has 88 valence electrons. The van der Waals surface area contributed by atoms with Crippen molar-refractivity contribution >= 4 is 11.6 Å². The Balaban J connectivity index is 2.35. The van der Waals surface area contributed by atoms with Crippen molar-refractivity contribution in [2.75, 3.05) is 0 Å². The van der Waals surface area contributed by atoms with Gasteiger partial charge in [0.05, 0.1) is 5.57 Å². The Kier molecular flexibility index (Phi) is 3.38. The number of benzene rings is 1. The second-order valence-corrected chi connectivity index (χ2v) is 4.23. The molecule has 1 aromatic rings. The van der Waals surface area contributed by atoms with Gasteiger partial charge in [0.2, 0.25) is 0 Å². The fourth-order valence-electron chi connectivity index (χ4n) is 1.71. The Morgan fingerprint density at radius 1 is 1.35 bits per heavy atom. The molecule has 3 nitrogen and oxygen atoms in total. The van der Waals surface area contributed by atoms with Crippen molar-refractivity contribution in [2.24, 2.45) is 11.0 Å². The fraction of sp³-hybridized carbons (Fsp3) is 0.286. The largest absolute Gasteiger partial charge is 0.273 e. The molecule has 2 rings (SSSR count). The molecule has 0 spiro atoms. The van der Waals surface area contributed by atoms with Crippen LogP contribution in [0.3, 0.4) is 0 Å². The van der Waals surface area contributed by atoms with Gasteiger partial charge in [0.25, 0.3) is 5.91 Å². The van der Waals surface area contributed by atoms with Gasteiger partial charge in [-0.05, 0) is 5.92 Å². The zero-order valence-electron chi connectivity index (χ0n) is 10.1. The molecule has 1 atom stereocenters. The van der Waals surface area contributed by atoms with Gasteiger partial charge in [-0.15, -0.1) is 0 Å². The minimum Gasteiger partial charge on any atom is -0.267 e. The third-order valence-corrected chi connectivity index (χ3v) is 2.91.